The van der Waals surface area contributed by atoms with E-state index < -0.39 is 4.33 Å². The molecule has 2 nitrogen and oxygen atoms in total. The highest BCUT2D eigenvalue weighted by atomic mass is 35.5. The zero-order chi connectivity index (χ0) is 16.6. The first kappa shape index (κ1) is 16.1. The molecule has 4 heteroatoms. The predicted octanol–water partition coefficient (Wildman–Crippen LogP) is 5.52. The van der Waals surface area contributed by atoms with E-state index in [0.717, 1.165) is 24.2 Å². The molecular formula is C19H24Cl2O2. The molecule has 0 aromatic heterocycles. The van der Waals surface area contributed by atoms with Gasteiger partial charge in [0.05, 0.1) is 11.7 Å². The molecule has 1 aromatic carbocycles. The Labute approximate surface area is 148 Å². The molecule has 2 aliphatic heterocycles. The van der Waals surface area contributed by atoms with Gasteiger partial charge in [-0.2, -0.15) is 0 Å². The van der Waals surface area contributed by atoms with Crippen molar-refractivity contribution in [2.75, 3.05) is 0 Å². The van der Waals surface area contributed by atoms with E-state index in [1.165, 1.54) is 0 Å². The van der Waals surface area contributed by atoms with Gasteiger partial charge < -0.3 is 9.47 Å². The second kappa shape index (κ2) is 4.80. The Morgan fingerprint density at radius 2 is 1.78 bits per heavy atom. The van der Waals surface area contributed by atoms with E-state index in [-0.39, 0.29) is 29.1 Å². The van der Waals surface area contributed by atoms with Gasteiger partial charge in [0.1, 0.15) is 15.7 Å². The molecule has 0 N–H and O–H groups in total. The first-order valence-electron chi connectivity index (χ1n) is 8.50. The van der Waals surface area contributed by atoms with E-state index in [9.17, 15) is 0 Å². The van der Waals surface area contributed by atoms with Crippen LogP contribution in [0.5, 0.6) is 5.75 Å². The monoisotopic (exact) mass is 354 g/mol. The molecule has 0 spiro atoms. The summed E-state index contributed by atoms with van der Waals surface area (Å²) in [6.07, 6.45) is 2.08. The normalized spacial score (nSPS) is 43.0. The lowest BCUT2D eigenvalue weighted by Gasteiger charge is -2.52. The summed E-state index contributed by atoms with van der Waals surface area (Å²) in [4.78, 5) is 0. The quantitative estimate of drug-likeness (QED) is 0.617. The SMILES string of the molecule is C[C@@H]1[C@@H]([C@@]2(C)CC[C@H]3[C@@H](O2)c2ccccc2OC3(C)C)C1(Cl)Cl. The molecule has 4 rings (SSSR count). The van der Waals surface area contributed by atoms with Crippen LogP contribution in [0.15, 0.2) is 24.3 Å². The number of halogens is 2. The van der Waals surface area contributed by atoms with Crippen LogP contribution in [0.4, 0.5) is 0 Å². The van der Waals surface area contributed by atoms with Crippen LogP contribution < -0.4 is 4.74 Å². The first-order chi connectivity index (χ1) is 10.7. The third kappa shape index (κ3) is 2.25. The van der Waals surface area contributed by atoms with E-state index >= 15 is 0 Å². The maximum Gasteiger partial charge on any atom is 0.127 e. The minimum absolute atomic E-state index is 0.0469. The van der Waals surface area contributed by atoms with Crippen LogP contribution in [0.1, 0.15) is 52.2 Å². The number of hydrogen-bond donors (Lipinski definition) is 0. The van der Waals surface area contributed by atoms with Crippen molar-refractivity contribution in [3.05, 3.63) is 29.8 Å². The molecule has 5 atom stereocenters. The molecule has 1 saturated heterocycles. The Hall–Kier alpha value is -0.440. The van der Waals surface area contributed by atoms with Crippen molar-refractivity contribution in [3.63, 3.8) is 0 Å². The molecule has 0 unspecified atom stereocenters. The second-order valence-electron chi connectivity index (χ2n) is 8.18. The van der Waals surface area contributed by atoms with Gasteiger partial charge in [0, 0.05) is 17.4 Å². The first-order valence-corrected chi connectivity index (χ1v) is 9.26. The fourth-order valence-corrected chi connectivity index (χ4v) is 5.79. The molecule has 1 aromatic rings. The maximum atomic E-state index is 6.72. The summed E-state index contributed by atoms with van der Waals surface area (Å²) in [5.41, 5.74) is 0.657. The van der Waals surface area contributed by atoms with Crippen LogP contribution in [0, 0.1) is 17.8 Å². The molecule has 1 aliphatic carbocycles. The van der Waals surface area contributed by atoms with Crippen LogP contribution in [0.25, 0.3) is 0 Å². The molecule has 1 saturated carbocycles. The second-order valence-corrected chi connectivity index (χ2v) is 9.62. The summed E-state index contributed by atoms with van der Waals surface area (Å²) < 4.78 is 12.3. The van der Waals surface area contributed by atoms with Gasteiger partial charge in [-0.1, -0.05) is 25.1 Å². The van der Waals surface area contributed by atoms with E-state index in [1.54, 1.807) is 0 Å². The van der Waals surface area contributed by atoms with Gasteiger partial charge in [0.25, 0.3) is 0 Å². The Morgan fingerprint density at radius 3 is 2.43 bits per heavy atom. The molecule has 0 radical (unpaired) electrons. The van der Waals surface area contributed by atoms with Crippen LogP contribution in [0.3, 0.4) is 0 Å². The lowest BCUT2D eigenvalue weighted by atomic mass is 9.72. The van der Waals surface area contributed by atoms with E-state index in [2.05, 4.69) is 39.8 Å². The Balaban J connectivity index is 1.71. The molecule has 2 fully saturated rings. The minimum atomic E-state index is -0.651. The van der Waals surface area contributed by atoms with Crippen molar-refractivity contribution in [2.45, 2.75) is 62.2 Å². The smallest absolute Gasteiger partial charge is 0.127 e. The van der Waals surface area contributed by atoms with Crippen molar-refractivity contribution >= 4 is 23.2 Å². The standard InChI is InChI=1S/C19H24Cl2O2/c1-11-16(19(11,20)21)18(4)10-9-13-15(23-18)12-7-5-6-8-14(12)22-17(13,2)3/h5-8,11,13,15-16H,9-10H2,1-4H3/t11-,13+,15+,16+,18-/m1/s1. The third-order valence-corrected chi connectivity index (χ3v) is 7.43. The summed E-state index contributed by atoms with van der Waals surface area (Å²) in [5, 5.41) is 0. The summed E-state index contributed by atoms with van der Waals surface area (Å²) >= 11 is 12.9. The zero-order valence-electron chi connectivity index (χ0n) is 14.1. The van der Waals surface area contributed by atoms with Gasteiger partial charge in [0.15, 0.2) is 0 Å². The van der Waals surface area contributed by atoms with Gasteiger partial charge in [-0.3, -0.25) is 0 Å². The number of para-hydroxylation sites is 1. The molecule has 2 heterocycles. The van der Waals surface area contributed by atoms with E-state index in [4.69, 9.17) is 32.7 Å². The highest BCUT2D eigenvalue weighted by Crippen LogP contribution is 2.67. The highest BCUT2D eigenvalue weighted by Gasteiger charge is 2.69. The lowest BCUT2D eigenvalue weighted by Crippen LogP contribution is -2.52. The Morgan fingerprint density at radius 1 is 1.13 bits per heavy atom. The van der Waals surface area contributed by atoms with Gasteiger partial charge >= 0.3 is 0 Å². The topological polar surface area (TPSA) is 18.5 Å². The fourth-order valence-electron chi connectivity index (χ4n) is 4.83. The van der Waals surface area contributed by atoms with Crippen molar-refractivity contribution in [1.82, 2.24) is 0 Å². The third-order valence-electron chi connectivity index (χ3n) is 6.28. The van der Waals surface area contributed by atoms with E-state index in [0.29, 0.717) is 5.92 Å². The zero-order valence-corrected chi connectivity index (χ0v) is 15.6. The molecule has 0 amide bonds. The number of ether oxygens (including phenoxy) is 2. The largest absolute Gasteiger partial charge is 0.487 e. The fraction of sp³-hybridized carbons (Fsp3) is 0.684. The van der Waals surface area contributed by atoms with Crippen molar-refractivity contribution in [2.24, 2.45) is 17.8 Å². The number of fused-ring (bicyclic) bond motifs is 3. The van der Waals surface area contributed by atoms with E-state index in [1.807, 2.05) is 12.1 Å². The average molecular weight is 355 g/mol. The highest BCUT2D eigenvalue weighted by molar-refractivity contribution is 6.51. The summed E-state index contributed by atoms with van der Waals surface area (Å²) in [6.45, 7) is 8.63. The van der Waals surface area contributed by atoms with Crippen molar-refractivity contribution in [3.8, 4) is 5.75 Å². The van der Waals surface area contributed by atoms with Crippen molar-refractivity contribution < 1.29 is 9.47 Å². The van der Waals surface area contributed by atoms with Crippen LogP contribution in [-0.4, -0.2) is 15.5 Å². The average Bonchev–Trinajstić information content (AvgIpc) is 2.97. The van der Waals surface area contributed by atoms with Crippen LogP contribution >= 0.6 is 23.2 Å². The summed E-state index contributed by atoms with van der Waals surface area (Å²) in [5.74, 6) is 1.75. The van der Waals surface area contributed by atoms with Gasteiger partial charge in [-0.15, -0.1) is 23.2 Å². The van der Waals surface area contributed by atoms with Gasteiger partial charge in [0.2, 0.25) is 0 Å². The lowest BCUT2D eigenvalue weighted by molar-refractivity contribution is -0.199. The number of rotatable bonds is 1. The molecule has 3 aliphatic rings. The Kier molecular flexibility index (Phi) is 3.35. The van der Waals surface area contributed by atoms with Gasteiger partial charge in [-0.05, 0) is 45.6 Å². The Bertz CT molecular complexity index is 642. The van der Waals surface area contributed by atoms with Gasteiger partial charge in [-0.25, -0.2) is 0 Å². The summed E-state index contributed by atoms with van der Waals surface area (Å²) in [6, 6.07) is 8.23. The number of alkyl halides is 2. The molecule has 0 bridgehead atoms. The maximum absolute atomic E-state index is 6.72. The molecular weight excluding hydrogens is 331 g/mol. The number of hydrogen-bond acceptors (Lipinski definition) is 2. The minimum Gasteiger partial charge on any atom is -0.487 e. The molecule has 23 heavy (non-hydrogen) atoms. The predicted molar refractivity (Wildman–Crippen MR) is 93.2 cm³/mol. The summed E-state index contributed by atoms with van der Waals surface area (Å²) in [7, 11) is 0. The van der Waals surface area contributed by atoms with Crippen LogP contribution in [0.2, 0.25) is 0 Å². The molecule has 126 valence electrons. The number of benzene rings is 1. The van der Waals surface area contributed by atoms with Crippen LogP contribution in [-0.2, 0) is 4.74 Å². The van der Waals surface area contributed by atoms with Crippen molar-refractivity contribution in [1.29, 1.82) is 0 Å².